The summed E-state index contributed by atoms with van der Waals surface area (Å²) in [6.07, 6.45) is 8.72. The Bertz CT molecular complexity index is 274. The van der Waals surface area contributed by atoms with Gasteiger partial charge in [-0.15, -0.1) is 0 Å². The molecule has 0 aliphatic rings. The van der Waals surface area contributed by atoms with Gasteiger partial charge in [-0.1, -0.05) is 66.2 Å². The quantitative estimate of drug-likeness (QED) is 0.316. The average molecular weight is 413 g/mol. The third-order valence-corrected chi connectivity index (χ3v) is 5.58. The Kier molecular flexibility index (Phi) is 16.7. The average Bonchev–Trinajstić information content (AvgIpc) is 2.43. The summed E-state index contributed by atoms with van der Waals surface area (Å²) in [6, 6.07) is 0. The first kappa shape index (κ1) is 24.1. The SMILES string of the molecule is CCCCC(CC)COP(=O)([O-])CC(CC)CCCC.[Ag+]. The molecule has 0 saturated carbocycles. The molecule has 0 rings (SSSR count). The molecule has 3 nitrogen and oxygen atoms in total. The molecule has 0 radical (unpaired) electrons. The van der Waals surface area contributed by atoms with Gasteiger partial charge in [0.05, 0.1) is 6.61 Å². The standard InChI is InChI=1S/C16H35O3P.Ag/c1-5-9-11-15(7-3)13-19-20(17,18)14-16(8-4)12-10-6-2;/h15-16H,5-14H2,1-4H3,(H,17,18);/q;+1/p-1. The van der Waals surface area contributed by atoms with E-state index in [4.69, 9.17) is 4.52 Å². The predicted octanol–water partition coefficient (Wildman–Crippen LogP) is 4.99. The maximum atomic E-state index is 12.1. The van der Waals surface area contributed by atoms with Gasteiger partial charge in [0.15, 0.2) is 0 Å². The number of unbranched alkanes of at least 4 members (excludes halogenated alkanes) is 2. The maximum Gasteiger partial charge on any atom is 1.00 e. The van der Waals surface area contributed by atoms with E-state index in [0.717, 1.165) is 51.4 Å². The fourth-order valence-electron chi connectivity index (χ4n) is 2.40. The molecule has 3 atom stereocenters. The van der Waals surface area contributed by atoms with Gasteiger partial charge in [0.25, 0.3) is 0 Å². The van der Waals surface area contributed by atoms with Crippen molar-refractivity contribution in [3.8, 4) is 0 Å². The normalized spacial score (nSPS) is 16.8. The first-order valence-electron chi connectivity index (χ1n) is 8.43. The zero-order valence-corrected chi connectivity index (χ0v) is 16.6. The Balaban J connectivity index is 0. The Hall–Kier alpha value is 0.890. The van der Waals surface area contributed by atoms with Crippen molar-refractivity contribution in [2.24, 2.45) is 11.8 Å². The van der Waals surface area contributed by atoms with Crippen LogP contribution in [0.25, 0.3) is 0 Å². The molecule has 0 bridgehead atoms. The topological polar surface area (TPSA) is 49.4 Å². The van der Waals surface area contributed by atoms with Gasteiger partial charge in [0, 0.05) is 6.16 Å². The summed E-state index contributed by atoms with van der Waals surface area (Å²) in [5, 5.41) is 0. The molecule has 0 fully saturated rings. The third-order valence-electron chi connectivity index (χ3n) is 4.08. The van der Waals surface area contributed by atoms with Crippen LogP contribution in [-0.4, -0.2) is 12.8 Å². The van der Waals surface area contributed by atoms with Crippen molar-refractivity contribution in [3.05, 3.63) is 0 Å². The van der Waals surface area contributed by atoms with E-state index in [0.29, 0.717) is 12.5 Å². The van der Waals surface area contributed by atoms with Crippen molar-refractivity contribution in [2.75, 3.05) is 12.8 Å². The number of hydrogen-bond donors (Lipinski definition) is 0. The summed E-state index contributed by atoms with van der Waals surface area (Å²) in [4.78, 5) is 12.1. The van der Waals surface area contributed by atoms with Gasteiger partial charge in [0.2, 0.25) is 0 Å². The van der Waals surface area contributed by atoms with Gasteiger partial charge in [0.1, 0.15) is 7.60 Å². The minimum atomic E-state index is -3.65. The largest absolute Gasteiger partial charge is 1.00 e. The number of rotatable bonds is 13. The van der Waals surface area contributed by atoms with Crippen LogP contribution < -0.4 is 4.89 Å². The smallest absolute Gasteiger partial charge is 0.778 e. The van der Waals surface area contributed by atoms with Crippen LogP contribution in [0, 0.1) is 11.8 Å². The summed E-state index contributed by atoms with van der Waals surface area (Å²) >= 11 is 0. The van der Waals surface area contributed by atoms with Crippen LogP contribution in [0.15, 0.2) is 0 Å². The summed E-state index contributed by atoms with van der Waals surface area (Å²) in [5.74, 6) is 0.641. The monoisotopic (exact) mass is 412 g/mol. The van der Waals surface area contributed by atoms with E-state index in [1.165, 1.54) is 0 Å². The molecular formula is C16H34AgO3P. The van der Waals surface area contributed by atoms with E-state index in [1.54, 1.807) is 0 Å². The van der Waals surface area contributed by atoms with Gasteiger partial charge in [-0.2, -0.15) is 0 Å². The zero-order valence-electron chi connectivity index (χ0n) is 14.2. The van der Waals surface area contributed by atoms with Crippen molar-refractivity contribution in [1.82, 2.24) is 0 Å². The third kappa shape index (κ3) is 13.1. The van der Waals surface area contributed by atoms with Gasteiger partial charge < -0.3 is 14.0 Å². The van der Waals surface area contributed by atoms with Crippen molar-refractivity contribution >= 4 is 7.60 Å². The maximum absolute atomic E-state index is 12.1. The van der Waals surface area contributed by atoms with Crippen LogP contribution >= 0.6 is 7.60 Å². The van der Waals surface area contributed by atoms with Crippen molar-refractivity contribution < 1.29 is 36.4 Å². The van der Waals surface area contributed by atoms with E-state index >= 15 is 0 Å². The second-order valence-corrected chi connectivity index (χ2v) is 7.77. The van der Waals surface area contributed by atoms with E-state index in [2.05, 4.69) is 27.7 Å². The van der Waals surface area contributed by atoms with Crippen molar-refractivity contribution in [1.29, 1.82) is 0 Å². The molecule has 0 N–H and O–H groups in total. The minimum absolute atomic E-state index is 0. The van der Waals surface area contributed by atoms with Crippen LogP contribution in [0.4, 0.5) is 0 Å². The molecule has 0 aromatic heterocycles. The van der Waals surface area contributed by atoms with E-state index < -0.39 is 7.60 Å². The van der Waals surface area contributed by atoms with Crippen molar-refractivity contribution in [3.63, 3.8) is 0 Å². The summed E-state index contributed by atoms with van der Waals surface area (Å²) in [6.45, 7) is 8.85. The number of hydrogen-bond acceptors (Lipinski definition) is 3. The molecule has 0 aliphatic carbocycles. The first-order valence-corrected chi connectivity index (χ1v) is 10.2. The summed E-state index contributed by atoms with van der Waals surface area (Å²) in [7, 11) is -3.65. The Labute approximate surface area is 147 Å². The molecule has 132 valence electrons. The fourth-order valence-corrected chi connectivity index (χ4v) is 4.02. The Morgan fingerprint density at radius 1 is 0.952 bits per heavy atom. The van der Waals surface area contributed by atoms with Gasteiger partial charge >= 0.3 is 22.4 Å². The molecule has 0 heterocycles. The summed E-state index contributed by atoms with van der Waals surface area (Å²) in [5.41, 5.74) is 0. The fraction of sp³-hybridized carbons (Fsp3) is 1.00. The van der Waals surface area contributed by atoms with E-state index in [9.17, 15) is 9.46 Å². The molecular weight excluding hydrogens is 379 g/mol. The van der Waals surface area contributed by atoms with Crippen LogP contribution in [0.1, 0.15) is 79.1 Å². The van der Waals surface area contributed by atoms with Gasteiger partial charge in [-0.3, -0.25) is 0 Å². The van der Waals surface area contributed by atoms with Gasteiger partial charge in [-0.25, -0.2) is 0 Å². The molecule has 0 amide bonds. The predicted molar refractivity (Wildman–Crippen MR) is 85.0 cm³/mol. The molecule has 0 spiro atoms. The molecule has 0 aromatic carbocycles. The second-order valence-electron chi connectivity index (χ2n) is 5.92. The molecule has 0 aromatic rings. The molecule has 3 unspecified atom stereocenters. The van der Waals surface area contributed by atoms with Crippen LogP contribution in [-0.2, 0) is 31.5 Å². The molecule has 5 heteroatoms. The Morgan fingerprint density at radius 3 is 1.86 bits per heavy atom. The van der Waals surface area contributed by atoms with Crippen molar-refractivity contribution in [2.45, 2.75) is 79.1 Å². The van der Waals surface area contributed by atoms with E-state index in [1.807, 2.05) is 0 Å². The van der Waals surface area contributed by atoms with Crippen LogP contribution in [0.2, 0.25) is 0 Å². The molecule has 0 saturated heterocycles. The molecule has 21 heavy (non-hydrogen) atoms. The Morgan fingerprint density at radius 2 is 1.43 bits per heavy atom. The first-order chi connectivity index (χ1) is 9.49. The van der Waals surface area contributed by atoms with Crippen LogP contribution in [0.5, 0.6) is 0 Å². The minimum Gasteiger partial charge on any atom is -0.778 e. The molecule has 0 aliphatic heterocycles. The zero-order chi connectivity index (χ0) is 15.4. The van der Waals surface area contributed by atoms with Crippen LogP contribution in [0.3, 0.4) is 0 Å². The van der Waals surface area contributed by atoms with E-state index in [-0.39, 0.29) is 34.5 Å². The van der Waals surface area contributed by atoms with Gasteiger partial charge in [-0.05, 0) is 24.7 Å². The summed E-state index contributed by atoms with van der Waals surface area (Å²) < 4.78 is 17.4. The second kappa shape index (κ2) is 14.5.